The first-order valence-corrected chi connectivity index (χ1v) is 9.16. The average molecular weight is 400 g/mol. The van der Waals surface area contributed by atoms with E-state index in [1.807, 2.05) is 25.3 Å². The number of nitrogens with one attached hydrogen (secondary N) is 1. The summed E-state index contributed by atoms with van der Waals surface area (Å²) in [5, 5.41) is 3.21. The number of anilines is 2. The maximum atomic E-state index is 12.7. The van der Waals surface area contributed by atoms with E-state index in [-0.39, 0.29) is 0 Å². The molecule has 0 fully saturated rings. The van der Waals surface area contributed by atoms with Crippen molar-refractivity contribution >= 4 is 11.6 Å². The second-order valence-corrected chi connectivity index (χ2v) is 6.92. The van der Waals surface area contributed by atoms with Crippen LogP contribution in [0.1, 0.15) is 28.1 Å². The highest BCUT2D eigenvalue weighted by atomic mass is 19.4. The molecule has 0 aliphatic carbocycles. The molecule has 9 heteroatoms. The first-order chi connectivity index (χ1) is 13.9. The topological polar surface area (TPSA) is 66.8 Å². The first kappa shape index (κ1) is 19.1. The number of nitrogens with zero attached hydrogens (tertiary/aromatic N) is 5. The van der Waals surface area contributed by atoms with Crippen molar-refractivity contribution in [2.75, 3.05) is 16.8 Å². The summed E-state index contributed by atoms with van der Waals surface area (Å²) >= 11 is 0. The van der Waals surface area contributed by atoms with Crippen LogP contribution in [-0.4, -0.2) is 26.5 Å². The van der Waals surface area contributed by atoms with E-state index in [1.54, 1.807) is 0 Å². The molecular formula is C20H19F3N6. The Balaban J connectivity index is 1.49. The Kier molecular flexibility index (Phi) is 5.04. The highest BCUT2D eigenvalue weighted by Gasteiger charge is 2.32. The molecule has 0 saturated heterocycles. The van der Waals surface area contributed by atoms with Gasteiger partial charge in [0.2, 0.25) is 0 Å². The van der Waals surface area contributed by atoms with Crippen molar-refractivity contribution in [3.63, 3.8) is 0 Å². The van der Waals surface area contributed by atoms with Gasteiger partial charge in [-0.15, -0.1) is 0 Å². The zero-order chi connectivity index (χ0) is 20.4. The average Bonchev–Trinajstić information content (AvgIpc) is 2.72. The number of fused-ring (bicyclic) bond motifs is 1. The number of pyridine rings is 2. The molecule has 0 bridgehead atoms. The van der Waals surface area contributed by atoms with E-state index in [9.17, 15) is 13.2 Å². The van der Waals surface area contributed by atoms with Crippen molar-refractivity contribution in [3.8, 4) is 0 Å². The highest BCUT2D eigenvalue weighted by molar-refractivity contribution is 5.52. The molecule has 4 heterocycles. The fraction of sp³-hybridized carbons (Fsp3) is 0.300. The molecule has 4 rings (SSSR count). The van der Waals surface area contributed by atoms with E-state index >= 15 is 0 Å². The van der Waals surface area contributed by atoms with Crippen molar-refractivity contribution in [2.24, 2.45) is 0 Å². The summed E-state index contributed by atoms with van der Waals surface area (Å²) < 4.78 is 38.0. The van der Waals surface area contributed by atoms with Crippen LogP contribution in [0.5, 0.6) is 0 Å². The van der Waals surface area contributed by atoms with Crippen LogP contribution in [0.4, 0.5) is 24.8 Å². The third-order valence-corrected chi connectivity index (χ3v) is 4.80. The van der Waals surface area contributed by atoms with Gasteiger partial charge in [-0.05, 0) is 30.2 Å². The molecule has 3 aromatic heterocycles. The predicted octanol–water partition coefficient (Wildman–Crippen LogP) is 3.77. The fourth-order valence-corrected chi connectivity index (χ4v) is 3.22. The molecule has 6 nitrogen and oxygen atoms in total. The molecule has 0 amide bonds. The van der Waals surface area contributed by atoms with E-state index in [0.29, 0.717) is 24.5 Å². The van der Waals surface area contributed by atoms with E-state index in [4.69, 9.17) is 0 Å². The van der Waals surface area contributed by atoms with Crippen molar-refractivity contribution in [2.45, 2.75) is 32.6 Å². The Morgan fingerprint density at radius 1 is 1.03 bits per heavy atom. The lowest BCUT2D eigenvalue weighted by Gasteiger charge is -2.30. The van der Waals surface area contributed by atoms with Crippen LogP contribution in [0, 0.1) is 6.92 Å². The SMILES string of the molecule is Cc1ccc(N2CCc3ncnc(NCc4ccc(C(F)(F)F)nc4)c3C2)nc1. The van der Waals surface area contributed by atoms with Gasteiger partial charge >= 0.3 is 6.18 Å². The summed E-state index contributed by atoms with van der Waals surface area (Å²) in [4.78, 5) is 18.9. The molecular weight excluding hydrogens is 381 g/mol. The first-order valence-electron chi connectivity index (χ1n) is 9.16. The molecule has 3 aromatic rings. The quantitative estimate of drug-likeness (QED) is 0.719. The Labute approximate surface area is 165 Å². The summed E-state index contributed by atoms with van der Waals surface area (Å²) in [7, 11) is 0. The molecule has 0 unspecified atom stereocenters. The number of aromatic nitrogens is 4. The van der Waals surface area contributed by atoms with Gasteiger partial charge < -0.3 is 10.2 Å². The summed E-state index contributed by atoms with van der Waals surface area (Å²) in [5.74, 6) is 1.56. The third-order valence-electron chi connectivity index (χ3n) is 4.80. The lowest BCUT2D eigenvalue weighted by atomic mass is 10.1. The number of hydrogen-bond acceptors (Lipinski definition) is 6. The monoisotopic (exact) mass is 400 g/mol. The van der Waals surface area contributed by atoms with Crippen LogP contribution in [0.3, 0.4) is 0 Å². The molecule has 1 aliphatic heterocycles. The molecule has 0 spiro atoms. The summed E-state index contributed by atoms with van der Waals surface area (Å²) in [6, 6.07) is 6.41. The fourth-order valence-electron chi connectivity index (χ4n) is 3.22. The molecule has 1 aliphatic rings. The maximum Gasteiger partial charge on any atom is 0.433 e. The van der Waals surface area contributed by atoms with Gasteiger partial charge in [0.1, 0.15) is 23.7 Å². The Morgan fingerprint density at radius 2 is 1.90 bits per heavy atom. The van der Waals surface area contributed by atoms with E-state index in [1.165, 1.54) is 18.6 Å². The second kappa shape index (κ2) is 7.65. The smallest absolute Gasteiger partial charge is 0.366 e. The van der Waals surface area contributed by atoms with Gasteiger partial charge in [0.05, 0.1) is 5.69 Å². The van der Waals surface area contributed by atoms with Crippen LogP contribution in [0.25, 0.3) is 0 Å². The Morgan fingerprint density at radius 3 is 2.59 bits per heavy atom. The van der Waals surface area contributed by atoms with Crippen molar-refractivity contribution in [3.05, 3.63) is 71.1 Å². The molecule has 150 valence electrons. The van der Waals surface area contributed by atoms with Gasteiger partial charge in [-0.25, -0.2) is 15.0 Å². The minimum absolute atomic E-state index is 0.317. The largest absolute Gasteiger partial charge is 0.433 e. The van der Waals surface area contributed by atoms with Crippen LogP contribution < -0.4 is 10.2 Å². The second-order valence-electron chi connectivity index (χ2n) is 6.92. The summed E-state index contributed by atoms with van der Waals surface area (Å²) in [5.41, 5.74) is 2.78. The summed E-state index contributed by atoms with van der Waals surface area (Å²) in [6.45, 7) is 3.73. The van der Waals surface area contributed by atoms with Gasteiger partial charge in [0, 0.05) is 44.0 Å². The van der Waals surface area contributed by atoms with Gasteiger partial charge in [0.25, 0.3) is 0 Å². The van der Waals surface area contributed by atoms with Gasteiger partial charge in [-0.2, -0.15) is 13.2 Å². The molecule has 29 heavy (non-hydrogen) atoms. The zero-order valence-electron chi connectivity index (χ0n) is 15.7. The van der Waals surface area contributed by atoms with Crippen molar-refractivity contribution < 1.29 is 13.2 Å². The molecule has 0 radical (unpaired) electrons. The number of rotatable bonds is 4. The normalized spacial score (nSPS) is 13.9. The van der Waals surface area contributed by atoms with Crippen molar-refractivity contribution in [1.82, 2.24) is 19.9 Å². The zero-order valence-corrected chi connectivity index (χ0v) is 15.7. The number of hydrogen-bond donors (Lipinski definition) is 1. The number of alkyl halides is 3. The standard InChI is InChI=1S/C20H19F3N6/c1-13-2-5-18(25-8-13)29-7-6-16-15(11-29)19(28-12-27-16)26-10-14-3-4-17(24-9-14)20(21,22)23/h2-5,8-9,12H,6-7,10-11H2,1H3,(H,26,27,28). The third kappa shape index (κ3) is 4.28. The molecule has 0 saturated carbocycles. The Hall–Kier alpha value is -3.23. The molecule has 1 N–H and O–H groups in total. The van der Waals surface area contributed by atoms with Crippen molar-refractivity contribution in [1.29, 1.82) is 0 Å². The minimum atomic E-state index is -4.44. The van der Waals surface area contributed by atoms with Crippen LogP contribution in [-0.2, 0) is 25.7 Å². The van der Waals surface area contributed by atoms with Gasteiger partial charge in [-0.3, -0.25) is 4.98 Å². The maximum absolute atomic E-state index is 12.7. The van der Waals surface area contributed by atoms with E-state index in [2.05, 4.69) is 30.2 Å². The lowest BCUT2D eigenvalue weighted by Crippen LogP contribution is -2.32. The van der Waals surface area contributed by atoms with Gasteiger partial charge in [-0.1, -0.05) is 12.1 Å². The lowest BCUT2D eigenvalue weighted by molar-refractivity contribution is -0.141. The van der Waals surface area contributed by atoms with Crippen LogP contribution >= 0.6 is 0 Å². The van der Waals surface area contributed by atoms with Crippen LogP contribution in [0.2, 0.25) is 0 Å². The minimum Gasteiger partial charge on any atom is -0.366 e. The molecule has 0 atom stereocenters. The van der Waals surface area contributed by atoms with Gasteiger partial charge in [0.15, 0.2) is 0 Å². The number of halogens is 3. The van der Waals surface area contributed by atoms with E-state index < -0.39 is 11.9 Å². The van der Waals surface area contributed by atoms with E-state index in [0.717, 1.165) is 41.7 Å². The summed E-state index contributed by atoms with van der Waals surface area (Å²) in [6.07, 6.45) is 0.899. The Bertz CT molecular complexity index is 987. The highest BCUT2D eigenvalue weighted by Crippen LogP contribution is 2.28. The molecule has 0 aromatic carbocycles. The predicted molar refractivity (Wildman–Crippen MR) is 102 cm³/mol. The van der Waals surface area contributed by atoms with Crippen LogP contribution in [0.15, 0.2) is 43.0 Å². The number of aryl methyl sites for hydroxylation is 1.